The summed E-state index contributed by atoms with van der Waals surface area (Å²) in [5.74, 6) is -1.74. The van der Waals surface area contributed by atoms with Crippen molar-refractivity contribution < 1.29 is 19.5 Å². The normalized spacial score (nSPS) is 13.2. The van der Waals surface area contributed by atoms with Crippen molar-refractivity contribution >= 4 is 28.6 Å². The molecule has 0 saturated carbocycles. The summed E-state index contributed by atoms with van der Waals surface area (Å²) in [5.41, 5.74) is 0.848. The maximum Gasteiger partial charge on any atom is 0.326 e. The molecule has 27 heavy (non-hydrogen) atoms. The number of rotatable bonds is 8. The van der Waals surface area contributed by atoms with Crippen molar-refractivity contribution in [1.82, 2.24) is 10.6 Å². The number of amides is 2. The van der Waals surface area contributed by atoms with Crippen LogP contribution in [0.25, 0.3) is 10.8 Å². The van der Waals surface area contributed by atoms with Gasteiger partial charge in [0.15, 0.2) is 0 Å². The van der Waals surface area contributed by atoms with Gasteiger partial charge in [0.25, 0.3) is 0 Å². The second-order valence-corrected chi connectivity index (χ2v) is 7.12. The average Bonchev–Trinajstić information content (AvgIpc) is 2.59. The highest BCUT2D eigenvalue weighted by molar-refractivity contribution is 5.91. The molecule has 2 rings (SSSR count). The van der Waals surface area contributed by atoms with E-state index in [1.807, 2.05) is 56.3 Å². The minimum atomic E-state index is -1.11. The third kappa shape index (κ3) is 5.81. The topological polar surface area (TPSA) is 95.5 Å². The largest absolute Gasteiger partial charge is 0.480 e. The molecule has 2 amide bonds. The van der Waals surface area contributed by atoms with Crippen molar-refractivity contribution in [2.45, 2.75) is 45.7 Å². The molecule has 0 bridgehead atoms. The minimum absolute atomic E-state index is 0.164. The summed E-state index contributed by atoms with van der Waals surface area (Å²) in [5, 5.41) is 16.8. The smallest absolute Gasteiger partial charge is 0.326 e. The first-order valence-electron chi connectivity index (χ1n) is 9.05. The number of carboxylic acids is 1. The minimum Gasteiger partial charge on any atom is -0.480 e. The lowest BCUT2D eigenvalue weighted by Gasteiger charge is -2.22. The van der Waals surface area contributed by atoms with Crippen LogP contribution in [-0.2, 0) is 20.8 Å². The predicted octanol–water partition coefficient (Wildman–Crippen LogP) is 2.50. The van der Waals surface area contributed by atoms with Gasteiger partial charge in [-0.05, 0) is 28.7 Å². The Morgan fingerprint density at radius 2 is 1.63 bits per heavy atom. The zero-order valence-corrected chi connectivity index (χ0v) is 15.9. The molecule has 0 fully saturated rings. The number of hydrogen-bond donors (Lipinski definition) is 3. The van der Waals surface area contributed by atoms with E-state index in [0.29, 0.717) is 6.42 Å². The van der Waals surface area contributed by atoms with E-state index in [-0.39, 0.29) is 18.2 Å². The molecule has 2 aromatic carbocycles. The molecule has 0 unspecified atom stereocenters. The lowest BCUT2D eigenvalue weighted by Crippen LogP contribution is -2.52. The first kappa shape index (κ1) is 20.4. The fourth-order valence-electron chi connectivity index (χ4n) is 3.11. The molecule has 3 N–H and O–H groups in total. The van der Waals surface area contributed by atoms with E-state index < -0.39 is 24.0 Å². The Kier molecular flexibility index (Phi) is 6.93. The van der Waals surface area contributed by atoms with Crippen LogP contribution in [0.15, 0.2) is 42.5 Å². The summed E-state index contributed by atoms with van der Waals surface area (Å²) in [6.07, 6.45) is 0.600. The zero-order valence-electron chi connectivity index (χ0n) is 15.9. The standard InChI is InChI=1S/C21H26N2O4/c1-13(2)11-18(22-14(3)24)20(25)23-19(21(26)27)12-16-9-6-8-15-7-4-5-10-17(15)16/h4-10,13,18-19H,11-12H2,1-3H3,(H,22,24)(H,23,25)(H,26,27)/t18-,19+/m0/s1. The average molecular weight is 370 g/mol. The second kappa shape index (κ2) is 9.16. The van der Waals surface area contributed by atoms with Gasteiger partial charge in [0, 0.05) is 13.3 Å². The van der Waals surface area contributed by atoms with Crippen molar-refractivity contribution in [1.29, 1.82) is 0 Å². The maximum atomic E-state index is 12.6. The van der Waals surface area contributed by atoms with Crippen molar-refractivity contribution in [2.75, 3.05) is 0 Å². The molecular weight excluding hydrogens is 344 g/mol. The highest BCUT2D eigenvalue weighted by Gasteiger charge is 2.27. The first-order chi connectivity index (χ1) is 12.8. The Morgan fingerprint density at radius 1 is 0.963 bits per heavy atom. The van der Waals surface area contributed by atoms with Gasteiger partial charge in [0.05, 0.1) is 0 Å². The lowest BCUT2D eigenvalue weighted by molar-refractivity contribution is -0.142. The van der Waals surface area contributed by atoms with Crippen molar-refractivity contribution in [3.8, 4) is 0 Å². The van der Waals surface area contributed by atoms with Gasteiger partial charge in [-0.25, -0.2) is 4.79 Å². The van der Waals surface area contributed by atoms with Crippen LogP contribution in [0.3, 0.4) is 0 Å². The summed E-state index contributed by atoms with van der Waals surface area (Å²) < 4.78 is 0. The molecule has 0 aliphatic heterocycles. The number of hydrogen-bond acceptors (Lipinski definition) is 3. The van der Waals surface area contributed by atoms with Gasteiger partial charge in [-0.15, -0.1) is 0 Å². The van der Waals surface area contributed by atoms with Crippen molar-refractivity contribution in [3.63, 3.8) is 0 Å². The second-order valence-electron chi connectivity index (χ2n) is 7.12. The summed E-state index contributed by atoms with van der Waals surface area (Å²) in [4.78, 5) is 35.7. The third-order valence-electron chi connectivity index (χ3n) is 4.32. The van der Waals surface area contributed by atoms with Crippen LogP contribution in [0.5, 0.6) is 0 Å². The third-order valence-corrected chi connectivity index (χ3v) is 4.32. The zero-order chi connectivity index (χ0) is 20.0. The molecule has 144 valence electrons. The Bertz CT molecular complexity index is 827. The summed E-state index contributed by atoms with van der Waals surface area (Å²) in [7, 11) is 0. The number of carbonyl (C=O) groups is 3. The van der Waals surface area contributed by atoms with Crippen LogP contribution < -0.4 is 10.6 Å². The van der Waals surface area contributed by atoms with Gasteiger partial charge in [-0.3, -0.25) is 9.59 Å². The molecule has 0 saturated heterocycles. The van der Waals surface area contributed by atoms with Crippen LogP contribution in [-0.4, -0.2) is 35.0 Å². The number of carboxylic acid groups (broad SMARTS) is 1. The maximum absolute atomic E-state index is 12.6. The van der Waals surface area contributed by atoms with Crippen LogP contribution in [0.1, 0.15) is 32.8 Å². The van der Waals surface area contributed by atoms with Gasteiger partial charge >= 0.3 is 5.97 Å². The molecule has 0 spiro atoms. The number of nitrogens with one attached hydrogen (secondary N) is 2. The summed E-state index contributed by atoms with van der Waals surface area (Å²) >= 11 is 0. The summed E-state index contributed by atoms with van der Waals surface area (Å²) in [6, 6.07) is 11.6. The fraction of sp³-hybridized carbons (Fsp3) is 0.381. The van der Waals surface area contributed by atoms with E-state index in [0.717, 1.165) is 16.3 Å². The molecular formula is C21H26N2O4. The SMILES string of the molecule is CC(=O)N[C@@H](CC(C)C)C(=O)N[C@H](Cc1cccc2ccccc12)C(=O)O. The van der Waals surface area contributed by atoms with Gasteiger partial charge in [-0.2, -0.15) is 0 Å². The highest BCUT2D eigenvalue weighted by atomic mass is 16.4. The van der Waals surface area contributed by atoms with Crippen LogP contribution in [0, 0.1) is 5.92 Å². The number of benzene rings is 2. The number of carbonyl (C=O) groups excluding carboxylic acids is 2. The molecule has 6 nitrogen and oxygen atoms in total. The molecule has 6 heteroatoms. The van der Waals surface area contributed by atoms with Gasteiger partial charge in [-0.1, -0.05) is 56.3 Å². The predicted molar refractivity (Wildman–Crippen MR) is 104 cm³/mol. The van der Waals surface area contributed by atoms with Gasteiger partial charge in [0.2, 0.25) is 11.8 Å². The molecule has 0 radical (unpaired) electrons. The fourth-order valence-corrected chi connectivity index (χ4v) is 3.11. The Morgan fingerprint density at radius 3 is 2.26 bits per heavy atom. The van der Waals surface area contributed by atoms with Gasteiger partial charge in [0.1, 0.15) is 12.1 Å². The van der Waals surface area contributed by atoms with Crippen LogP contribution in [0.4, 0.5) is 0 Å². The highest BCUT2D eigenvalue weighted by Crippen LogP contribution is 2.20. The van der Waals surface area contributed by atoms with E-state index in [4.69, 9.17) is 0 Å². The van der Waals surface area contributed by atoms with Crippen LogP contribution >= 0.6 is 0 Å². The van der Waals surface area contributed by atoms with Crippen molar-refractivity contribution in [2.24, 2.45) is 5.92 Å². The van der Waals surface area contributed by atoms with E-state index in [1.165, 1.54) is 6.92 Å². The molecule has 0 aromatic heterocycles. The first-order valence-corrected chi connectivity index (χ1v) is 9.05. The van der Waals surface area contributed by atoms with Crippen LogP contribution in [0.2, 0.25) is 0 Å². The molecule has 0 heterocycles. The van der Waals surface area contributed by atoms with E-state index in [9.17, 15) is 19.5 Å². The molecule has 0 aliphatic carbocycles. The summed E-state index contributed by atoms with van der Waals surface area (Å²) in [6.45, 7) is 5.21. The van der Waals surface area contributed by atoms with E-state index in [1.54, 1.807) is 0 Å². The monoisotopic (exact) mass is 370 g/mol. The lowest BCUT2D eigenvalue weighted by atomic mass is 9.98. The molecule has 0 aliphatic rings. The number of fused-ring (bicyclic) bond motifs is 1. The quantitative estimate of drug-likeness (QED) is 0.665. The van der Waals surface area contributed by atoms with Gasteiger partial charge < -0.3 is 15.7 Å². The van der Waals surface area contributed by atoms with Crippen molar-refractivity contribution in [3.05, 3.63) is 48.0 Å². The Balaban J connectivity index is 2.20. The van der Waals surface area contributed by atoms with E-state index in [2.05, 4.69) is 10.6 Å². The Hall–Kier alpha value is -2.89. The number of aliphatic carboxylic acids is 1. The molecule has 2 atom stereocenters. The van der Waals surface area contributed by atoms with E-state index >= 15 is 0 Å². The Labute approximate surface area is 159 Å². The molecule has 2 aromatic rings.